The van der Waals surface area contributed by atoms with E-state index >= 15 is 0 Å². The summed E-state index contributed by atoms with van der Waals surface area (Å²) < 4.78 is 0. The Bertz CT molecular complexity index is 2800. The van der Waals surface area contributed by atoms with Gasteiger partial charge in [-0.05, 0) is 95.7 Å². The van der Waals surface area contributed by atoms with Crippen molar-refractivity contribution in [3.8, 4) is 22.3 Å². The van der Waals surface area contributed by atoms with Crippen LogP contribution in [-0.2, 0) is 0 Å². The molecule has 0 atom stereocenters. The Labute approximate surface area is 297 Å². The highest BCUT2D eigenvalue weighted by Gasteiger charge is 2.19. The fraction of sp³-hybridized carbons (Fsp3) is 0. The van der Waals surface area contributed by atoms with E-state index in [9.17, 15) is 0 Å². The monoisotopic (exact) mass is 647 g/mol. The minimum absolute atomic E-state index is 1.12. The molecule has 0 aliphatic rings. The molecule has 1 nitrogen and oxygen atoms in total. The predicted molar refractivity (Wildman–Crippen MR) is 220 cm³/mol. The SMILES string of the molecule is c1cc(-c2cccc(N(c3cccc4ccccc34)c3cccc4ccccc34)c2)cc(-c2cccc3c4ccccc4c4ccccc4c23)c1. The molecule has 0 unspecified atom stereocenters. The summed E-state index contributed by atoms with van der Waals surface area (Å²) in [7, 11) is 0. The van der Waals surface area contributed by atoms with E-state index in [1.165, 1.54) is 76.1 Å². The summed E-state index contributed by atoms with van der Waals surface area (Å²) in [6.07, 6.45) is 0. The summed E-state index contributed by atoms with van der Waals surface area (Å²) in [6, 6.07) is 73.0. The number of nitrogens with zero attached hydrogens (tertiary/aromatic N) is 1. The third-order valence-electron chi connectivity index (χ3n) is 10.4. The standard InChI is InChI=1S/C50H33N/c1-3-22-40-34(14-1)16-11-30-48(40)51(49-31-12-17-35-15-2-4-23-41(35)49)39-21-10-19-37(33-39)36-18-9-20-38(32-36)42-28-13-29-47-45-25-6-5-24-43(45)44-26-7-8-27-46(44)50(42)47/h1-33H. The molecular formula is C50H33N. The van der Waals surface area contributed by atoms with Crippen LogP contribution in [0.2, 0.25) is 0 Å². The van der Waals surface area contributed by atoms with Crippen molar-refractivity contribution in [2.24, 2.45) is 0 Å². The van der Waals surface area contributed by atoms with Crippen LogP contribution in [0.3, 0.4) is 0 Å². The zero-order valence-electron chi connectivity index (χ0n) is 28.0. The van der Waals surface area contributed by atoms with Gasteiger partial charge in [0.15, 0.2) is 0 Å². The molecule has 10 aromatic rings. The predicted octanol–water partition coefficient (Wildman–Crippen LogP) is 14.3. The van der Waals surface area contributed by atoms with Gasteiger partial charge in [0.05, 0.1) is 11.4 Å². The van der Waals surface area contributed by atoms with Crippen molar-refractivity contribution in [2.45, 2.75) is 0 Å². The molecular weight excluding hydrogens is 615 g/mol. The Hall–Kier alpha value is -6.70. The molecule has 0 amide bonds. The number of hydrogen-bond donors (Lipinski definition) is 0. The summed E-state index contributed by atoms with van der Waals surface area (Å²) in [5, 5.41) is 12.6. The Morgan fingerprint density at radius 2 is 0.686 bits per heavy atom. The first-order valence-electron chi connectivity index (χ1n) is 17.6. The molecule has 0 saturated heterocycles. The first-order valence-corrected chi connectivity index (χ1v) is 17.6. The van der Waals surface area contributed by atoms with Crippen LogP contribution in [0.1, 0.15) is 0 Å². The lowest BCUT2D eigenvalue weighted by atomic mass is 9.89. The van der Waals surface area contributed by atoms with Crippen LogP contribution in [0.4, 0.5) is 17.1 Å². The molecule has 0 heterocycles. The van der Waals surface area contributed by atoms with Crippen molar-refractivity contribution in [3.63, 3.8) is 0 Å². The largest absolute Gasteiger partial charge is 0.309 e. The maximum Gasteiger partial charge on any atom is 0.0540 e. The van der Waals surface area contributed by atoms with Gasteiger partial charge in [0, 0.05) is 16.5 Å². The highest BCUT2D eigenvalue weighted by molar-refractivity contribution is 6.28. The average molecular weight is 648 g/mol. The van der Waals surface area contributed by atoms with E-state index in [0.717, 1.165) is 17.1 Å². The van der Waals surface area contributed by atoms with Gasteiger partial charge in [0.2, 0.25) is 0 Å². The Kier molecular flexibility index (Phi) is 6.89. The second kappa shape index (κ2) is 12.0. The van der Waals surface area contributed by atoms with Crippen molar-refractivity contribution >= 4 is 70.9 Å². The lowest BCUT2D eigenvalue weighted by molar-refractivity contribution is 1.31. The molecule has 0 aromatic heterocycles. The molecule has 0 saturated carbocycles. The number of hydrogen-bond acceptors (Lipinski definition) is 1. The third-order valence-corrected chi connectivity index (χ3v) is 10.4. The van der Waals surface area contributed by atoms with Crippen molar-refractivity contribution in [1.29, 1.82) is 0 Å². The molecule has 0 spiro atoms. The van der Waals surface area contributed by atoms with Crippen molar-refractivity contribution in [3.05, 3.63) is 200 Å². The van der Waals surface area contributed by atoms with E-state index in [2.05, 4.69) is 205 Å². The van der Waals surface area contributed by atoms with Gasteiger partial charge in [0.25, 0.3) is 0 Å². The van der Waals surface area contributed by atoms with Gasteiger partial charge in [0.1, 0.15) is 0 Å². The molecule has 1 heteroatoms. The number of anilines is 3. The van der Waals surface area contributed by atoms with Gasteiger partial charge in [-0.3, -0.25) is 0 Å². The van der Waals surface area contributed by atoms with Crippen LogP contribution >= 0.6 is 0 Å². The highest BCUT2D eigenvalue weighted by atomic mass is 15.1. The normalized spacial score (nSPS) is 11.5. The van der Waals surface area contributed by atoms with E-state index in [-0.39, 0.29) is 0 Å². The van der Waals surface area contributed by atoms with Crippen LogP contribution in [0.5, 0.6) is 0 Å². The smallest absolute Gasteiger partial charge is 0.0540 e. The van der Waals surface area contributed by atoms with E-state index in [0.29, 0.717) is 0 Å². The molecule has 51 heavy (non-hydrogen) atoms. The fourth-order valence-electron chi connectivity index (χ4n) is 8.10. The zero-order chi connectivity index (χ0) is 33.7. The van der Waals surface area contributed by atoms with Gasteiger partial charge in [-0.15, -0.1) is 0 Å². The van der Waals surface area contributed by atoms with E-state index < -0.39 is 0 Å². The zero-order valence-corrected chi connectivity index (χ0v) is 28.0. The quantitative estimate of drug-likeness (QED) is 0.168. The molecule has 0 fully saturated rings. The van der Waals surface area contributed by atoms with Gasteiger partial charge in [-0.1, -0.05) is 170 Å². The van der Waals surface area contributed by atoms with Crippen LogP contribution in [-0.4, -0.2) is 0 Å². The fourth-order valence-corrected chi connectivity index (χ4v) is 8.10. The summed E-state index contributed by atoms with van der Waals surface area (Å²) >= 11 is 0. The minimum atomic E-state index is 1.12. The van der Waals surface area contributed by atoms with Crippen molar-refractivity contribution in [1.82, 2.24) is 0 Å². The maximum atomic E-state index is 2.43. The summed E-state index contributed by atoms with van der Waals surface area (Å²) in [6.45, 7) is 0. The van der Waals surface area contributed by atoms with Crippen LogP contribution in [0.25, 0.3) is 76.1 Å². The van der Waals surface area contributed by atoms with Gasteiger partial charge in [-0.25, -0.2) is 0 Å². The lowest BCUT2D eigenvalue weighted by Crippen LogP contribution is -2.11. The lowest BCUT2D eigenvalue weighted by Gasteiger charge is -2.28. The summed E-state index contributed by atoms with van der Waals surface area (Å²) in [4.78, 5) is 2.43. The Balaban J connectivity index is 1.16. The molecule has 10 aromatic carbocycles. The number of rotatable bonds is 5. The van der Waals surface area contributed by atoms with E-state index in [1.807, 2.05) is 0 Å². The van der Waals surface area contributed by atoms with Gasteiger partial charge in [-0.2, -0.15) is 0 Å². The first-order chi connectivity index (χ1) is 25.3. The van der Waals surface area contributed by atoms with Gasteiger partial charge < -0.3 is 4.90 Å². The van der Waals surface area contributed by atoms with E-state index in [1.54, 1.807) is 0 Å². The minimum Gasteiger partial charge on any atom is -0.309 e. The van der Waals surface area contributed by atoms with Crippen LogP contribution in [0.15, 0.2) is 200 Å². The average Bonchev–Trinajstić information content (AvgIpc) is 3.21. The number of benzene rings is 10. The number of fused-ring (bicyclic) bond motifs is 8. The second-order valence-corrected chi connectivity index (χ2v) is 13.3. The molecule has 0 radical (unpaired) electrons. The molecule has 238 valence electrons. The molecule has 0 aliphatic carbocycles. The van der Waals surface area contributed by atoms with Crippen molar-refractivity contribution in [2.75, 3.05) is 4.90 Å². The third kappa shape index (κ3) is 4.86. The highest BCUT2D eigenvalue weighted by Crippen LogP contribution is 2.44. The molecule has 0 N–H and O–H groups in total. The molecule has 0 aliphatic heterocycles. The Morgan fingerprint density at radius 3 is 1.31 bits per heavy atom. The maximum absolute atomic E-state index is 2.43. The Morgan fingerprint density at radius 1 is 0.275 bits per heavy atom. The van der Waals surface area contributed by atoms with Crippen molar-refractivity contribution < 1.29 is 0 Å². The summed E-state index contributed by atoms with van der Waals surface area (Å²) in [5.74, 6) is 0. The van der Waals surface area contributed by atoms with E-state index in [4.69, 9.17) is 0 Å². The topological polar surface area (TPSA) is 3.24 Å². The summed E-state index contributed by atoms with van der Waals surface area (Å²) in [5.41, 5.74) is 8.26. The van der Waals surface area contributed by atoms with Crippen LogP contribution < -0.4 is 4.90 Å². The molecule has 0 bridgehead atoms. The van der Waals surface area contributed by atoms with Crippen LogP contribution in [0, 0.1) is 0 Å². The van der Waals surface area contributed by atoms with Gasteiger partial charge >= 0.3 is 0 Å². The molecule has 10 rings (SSSR count). The first kappa shape index (κ1) is 29.2. The second-order valence-electron chi connectivity index (χ2n) is 13.3.